The van der Waals surface area contributed by atoms with Crippen LogP contribution in [-0.4, -0.2) is 20.0 Å². The van der Waals surface area contributed by atoms with Crippen molar-refractivity contribution in [3.63, 3.8) is 0 Å². The number of amides is 1. The molecule has 6 heteroatoms. The molecule has 1 aliphatic carbocycles. The largest absolute Gasteiger partial charge is 0.399 e. The average molecular weight is 663 g/mol. The second-order valence-corrected chi connectivity index (χ2v) is 12.3. The fraction of sp³-hybridized carbons (Fsp3) is 0.265. The number of hydrogen-bond donors (Lipinski definition) is 1. The predicted molar refractivity (Wildman–Crippen MR) is 177 cm³/mol. The first kappa shape index (κ1) is 29.9. The van der Waals surface area contributed by atoms with E-state index in [1.54, 1.807) is 0 Å². The van der Waals surface area contributed by atoms with Gasteiger partial charge in [0.05, 0.1) is 6.54 Å². The lowest BCUT2D eigenvalue weighted by atomic mass is 9.88. The molecule has 0 spiro atoms. The lowest BCUT2D eigenvalue weighted by molar-refractivity contribution is -0.123. The third-order valence-electron chi connectivity index (χ3n) is 7.20. The van der Waals surface area contributed by atoms with Crippen molar-refractivity contribution in [2.45, 2.75) is 38.6 Å². The molecule has 0 heterocycles. The van der Waals surface area contributed by atoms with Gasteiger partial charge in [-0.3, -0.25) is 4.79 Å². The van der Waals surface area contributed by atoms with Gasteiger partial charge in [-0.05, 0) is 78.1 Å². The Morgan fingerprint density at radius 3 is 1.85 bits per heavy atom. The Balaban J connectivity index is 0.000000398. The Morgan fingerprint density at radius 1 is 0.750 bits per heavy atom. The van der Waals surface area contributed by atoms with E-state index in [9.17, 15) is 4.79 Å². The molecule has 0 aromatic heterocycles. The smallest absolute Gasteiger partial charge is 0.230 e. The van der Waals surface area contributed by atoms with Crippen LogP contribution in [0.2, 0.25) is 0 Å². The molecule has 40 heavy (non-hydrogen) atoms. The zero-order valence-corrected chi connectivity index (χ0v) is 26.4. The normalized spacial score (nSPS) is 13.2. The molecule has 5 rings (SSSR count). The van der Waals surface area contributed by atoms with Gasteiger partial charge in [-0.1, -0.05) is 99.7 Å². The van der Waals surface area contributed by atoms with Crippen LogP contribution in [0.1, 0.15) is 37.7 Å². The molecule has 2 N–H and O–H groups in total. The Kier molecular flexibility index (Phi) is 10.8. The van der Waals surface area contributed by atoms with Gasteiger partial charge in [-0.2, -0.15) is 0 Å². The predicted octanol–water partition coefficient (Wildman–Crippen LogP) is 9.33. The Bertz CT molecular complexity index is 1360. The summed E-state index contributed by atoms with van der Waals surface area (Å²) in [5.41, 5.74) is 11.9. The second-order valence-electron chi connectivity index (χ2n) is 10.4. The van der Waals surface area contributed by atoms with E-state index in [1.165, 1.54) is 23.2 Å². The van der Waals surface area contributed by atoms with Crippen LogP contribution in [-0.2, 0) is 11.3 Å². The van der Waals surface area contributed by atoms with Gasteiger partial charge in [0.1, 0.15) is 0 Å². The van der Waals surface area contributed by atoms with Crippen LogP contribution in [0.15, 0.2) is 106 Å². The molecule has 1 saturated carbocycles. The van der Waals surface area contributed by atoms with Crippen molar-refractivity contribution in [1.29, 1.82) is 0 Å². The summed E-state index contributed by atoms with van der Waals surface area (Å²) in [7, 11) is 4.10. The Morgan fingerprint density at radius 2 is 1.32 bits per heavy atom. The first-order chi connectivity index (χ1) is 19.3. The van der Waals surface area contributed by atoms with E-state index in [0.717, 1.165) is 51.6 Å². The number of nitrogens with zero attached hydrogens (tertiary/aromatic N) is 2. The van der Waals surface area contributed by atoms with E-state index in [2.05, 4.69) is 99.4 Å². The molecule has 0 unspecified atom stereocenters. The highest BCUT2D eigenvalue weighted by molar-refractivity contribution is 9.10. The number of rotatable bonds is 6. The summed E-state index contributed by atoms with van der Waals surface area (Å²) in [6.45, 7) is 0.589. The van der Waals surface area contributed by atoms with E-state index in [1.807, 2.05) is 53.4 Å². The van der Waals surface area contributed by atoms with Crippen molar-refractivity contribution in [3.05, 3.63) is 112 Å². The number of carbonyl (C=O) groups excluding carboxylic acids is 1. The van der Waals surface area contributed by atoms with Gasteiger partial charge in [-0.25, -0.2) is 0 Å². The number of nitrogen functional groups attached to an aromatic ring is 1. The monoisotopic (exact) mass is 661 g/mol. The zero-order valence-electron chi connectivity index (χ0n) is 23.2. The summed E-state index contributed by atoms with van der Waals surface area (Å²) in [6, 6.07) is 32.8. The van der Waals surface area contributed by atoms with Gasteiger partial charge >= 0.3 is 0 Å². The van der Waals surface area contributed by atoms with E-state index in [0.29, 0.717) is 6.54 Å². The van der Waals surface area contributed by atoms with Gasteiger partial charge in [0.25, 0.3) is 0 Å². The van der Waals surface area contributed by atoms with Crippen molar-refractivity contribution in [1.82, 2.24) is 0 Å². The molecule has 1 aliphatic rings. The van der Waals surface area contributed by atoms with Crippen molar-refractivity contribution in [2.75, 3.05) is 29.6 Å². The minimum Gasteiger partial charge on any atom is -0.399 e. The minimum atomic E-state index is 0.136. The number of hydrogen-bond acceptors (Lipinski definition) is 3. The van der Waals surface area contributed by atoms with Crippen LogP contribution < -0.4 is 15.5 Å². The molecule has 1 amide bonds. The maximum atomic E-state index is 13.5. The zero-order chi connectivity index (χ0) is 28.5. The molecule has 0 saturated heterocycles. The number of nitrogens with two attached hydrogens (primary N) is 1. The minimum absolute atomic E-state index is 0.136. The average Bonchev–Trinajstić information content (AvgIpc) is 2.96. The van der Waals surface area contributed by atoms with Crippen LogP contribution in [0.25, 0.3) is 11.1 Å². The molecular weight excluding hydrogens is 626 g/mol. The standard InChI is InChI=1S/C28H31BrN2O.C6H6BrN/c1-30(2)26-17-15-23(16-18-26)22-13-11-21(12-14-22)20-31(27-10-6-9-25(29)19-27)28(32)24-7-4-3-5-8-24;7-5-2-1-3-6(8)4-5/h6,9-19,24H,3-5,7-8,20H2,1-2H3;1-4H,8H2. The lowest BCUT2D eigenvalue weighted by Gasteiger charge is -2.30. The highest BCUT2D eigenvalue weighted by Gasteiger charge is 2.27. The van der Waals surface area contributed by atoms with Gasteiger partial charge in [0.15, 0.2) is 0 Å². The summed E-state index contributed by atoms with van der Waals surface area (Å²) in [6.07, 6.45) is 5.57. The molecule has 0 radical (unpaired) electrons. The Hall–Kier alpha value is -3.09. The number of anilines is 3. The highest BCUT2D eigenvalue weighted by atomic mass is 79.9. The quantitative estimate of drug-likeness (QED) is 0.209. The van der Waals surface area contributed by atoms with Gasteiger partial charge < -0.3 is 15.5 Å². The third kappa shape index (κ3) is 8.45. The van der Waals surface area contributed by atoms with E-state index in [4.69, 9.17) is 5.73 Å². The number of carbonyl (C=O) groups is 1. The third-order valence-corrected chi connectivity index (χ3v) is 8.19. The molecule has 4 nitrogen and oxygen atoms in total. The second kappa shape index (κ2) is 14.5. The highest BCUT2D eigenvalue weighted by Crippen LogP contribution is 2.30. The summed E-state index contributed by atoms with van der Waals surface area (Å²) in [5.74, 6) is 0.392. The van der Waals surface area contributed by atoms with Gasteiger partial charge in [0.2, 0.25) is 5.91 Å². The molecule has 1 fully saturated rings. The number of halogens is 2. The molecule has 0 aliphatic heterocycles. The van der Waals surface area contributed by atoms with Gasteiger partial charge in [-0.15, -0.1) is 0 Å². The van der Waals surface area contributed by atoms with Crippen LogP contribution in [0.5, 0.6) is 0 Å². The summed E-state index contributed by atoms with van der Waals surface area (Å²) >= 11 is 6.85. The Labute approximate surface area is 255 Å². The SMILES string of the molecule is CN(C)c1ccc(-c2ccc(CN(C(=O)C3CCCCC3)c3cccc(Br)c3)cc2)cc1.Nc1cccc(Br)c1. The summed E-state index contributed by atoms with van der Waals surface area (Å²) in [4.78, 5) is 17.6. The molecule has 0 atom stereocenters. The topological polar surface area (TPSA) is 49.6 Å². The van der Waals surface area contributed by atoms with Crippen molar-refractivity contribution in [2.24, 2.45) is 5.92 Å². The van der Waals surface area contributed by atoms with Crippen molar-refractivity contribution < 1.29 is 4.79 Å². The fourth-order valence-corrected chi connectivity index (χ4v) is 5.76. The molecular formula is C34H37Br2N3O. The molecule has 208 valence electrons. The van der Waals surface area contributed by atoms with Gasteiger partial charge in [0, 0.05) is 46.0 Å². The van der Waals surface area contributed by atoms with E-state index < -0.39 is 0 Å². The first-order valence-electron chi connectivity index (χ1n) is 13.7. The molecule has 4 aromatic carbocycles. The van der Waals surface area contributed by atoms with Crippen molar-refractivity contribution in [3.8, 4) is 11.1 Å². The van der Waals surface area contributed by atoms with Crippen LogP contribution in [0.4, 0.5) is 17.1 Å². The van der Waals surface area contributed by atoms with Crippen LogP contribution in [0.3, 0.4) is 0 Å². The summed E-state index contributed by atoms with van der Waals surface area (Å²) < 4.78 is 2.02. The van der Waals surface area contributed by atoms with Crippen LogP contribution in [0, 0.1) is 5.92 Å². The summed E-state index contributed by atoms with van der Waals surface area (Å²) in [5, 5.41) is 0. The van der Waals surface area contributed by atoms with E-state index >= 15 is 0 Å². The van der Waals surface area contributed by atoms with Crippen molar-refractivity contribution >= 4 is 54.8 Å². The lowest BCUT2D eigenvalue weighted by Crippen LogP contribution is -2.36. The maximum absolute atomic E-state index is 13.5. The molecule has 0 bridgehead atoms. The fourth-order valence-electron chi connectivity index (χ4n) is 4.95. The number of benzene rings is 4. The maximum Gasteiger partial charge on any atom is 0.230 e. The molecule has 4 aromatic rings. The first-order valence-corrected chi connectivity index (χ1v) is 15.3. The van der Waals surface area contributed by atoms with E-state index in [-0.39, 0.29) is 11.8 Å². The van der Waals surface area contributed by atoms with Crippen LogP contribution >= 0.6 is 31.9 Å².